The van der Waals surface area contributed by atoms with Crippen molar-refractivity contribution in [3.05, 3.63) is 70.4 Å². The van der Waals surface area contributed by atoms with Crippen LogP contribution >= 0.6 is 11.6 Å². The first-order valence-corrected chi connectivity index (χ1v) is 12.2. The highest BCUT2D eigenvalue weighted by atomic mass is 35.5. The lowest BCUT2D eigenvalue weighted by molar-refractivity contribution is -0.120. The van der Waals surface area contributed by atoms with Gasteiger partial charge in [-0.25, -0.2) is 13.6 Å². The van der Waals surface area contributed by atoms with Gasteiger partial charge in [-0.1, -0.05) is 45.4 Å². The molecule has 2 aliphatic rings. The Kier molecular flexibility index (Phi) is 6.67. The summed E-state index contributed by atoms with van der Waals surface area (Å²) in [5, 5.41) is 9.57. The summed E-state index contributed by atoms with van der Waals surface area (Å²) in [4.78, 5) is 26.0. The number of carbonyl (C=O) groups excluding carboxylic acids is 1. The van der Waals surface area contributed by atoms with Gasteiger partial charge in [0, 0.05) is 36.6 Å². The second kappa shape index (κ2) is 9.18. The first-order chi connectivity index (χ1) is 16.7. The molecule has 8 heteroatoms. The number of ether oxygens (including phenoxy) is 1. The zero-order valence-electron chi connectivity index (χ0n) is 20.8. The Balaban J connectivity index is 1.71. The molecule has 1 aliphatic carbocycles. The quantitative estimate of drug-likeness (QED) is 0.444. The first kappa shape index (κ1) is 26.1. The molecule has 192 valence electrons. The third kappa shape index (κ3) is 5.26. The van der Waals surface area contributed by atoms with Gasteiger partial charge in [-0.2, -0.15) is 0 Å². The van der Waals surface area contributed by atoms with Crippen LogP contribution in [0.3, 0.4) is 0 Å². The maximum atomic E-state index is 13.9. The number of anilines is 1. The van der Waals surface area contributed by atoms with Gasteiger partial charge >= 0.3 is 5.97 Å². The van der Waals surface area contributed by atoms with Crippen LogP contribution in [0.25, 0.3) is 0 Å². The summed E-state index contributed by atoms with van der Waals surface area (Å²) in [7, 11) is 0. The van der Waals surface area contributed by atoms with Crippen LogP contribution in [0.4, 0.5) is 14.5 Å². The number of amides is 1. The SMILES string of the molecule is CC(C)(C)COc1ccc([C@]2(C)CC(=O)N(c3ccc(C(=O)O)cc3)C=C2C2CC(F)(F)C2)cc1Cl. The Labute approximate surface area is 214 Å². The summed E-state index contributed by atoms with van der Waals surface area (Å²) in [6, 6.07) is 11.3. The molecule has 4 rings (SSSR count). The number of carbonyl (C=O) groups is 2. The third-order valence-corrected chi connectivity index (χ3v) is 7.13. The van der Waals surface area contributed by atoms with Crippen LogP contribution in [0.2, 0.25) is 5.02 Å². The normalized spacial score (nSPS) is 22.1. The number of carboxylic acid groups (broad SMARTS) is 1. The van der Waals surface area contributed by atoms with Gasteiger partial charge in [-0.15, -0.1) is 0 Å². The summed E-state index contributed by atoms with van der Waals surface area (Å²) in [6.07, 6.45) is 1.14. The van der Waals surface area contributed by atoms with Crippen LogP contribution < -0.4 is 9.64 Å². The fourth-order valence-electron chi connectivity index (χ4n) is 4.79. The van der Waals surface area contributed by atoms with Gasteiger partial charge in [-0.05, 0) is 58.9 Å². The Morgan fingerprint density at radius 2 is 1.81 bits per heavy atom. The monoisotopic (exact) mass is 517 g/mol. The first-order valence-electron chi connectivity index (χ1n) is 11.9. The molecule has 0 unspecified atom stereocenters. The highest BCUT2D eigenvalue weighted by Gasteiger charge is 2.52. The van der Waals surface area contributed by atoms with E-state index >= 15 is 0 Å². The fraction of sp³-hybridized carbons (Fsp3) is 0.429. The van der Waals surface area contributed by atoms with Crippen molar-refractivity contribution in [2.75, 3.05) is 11.5 Å². The molecule has 0 spiro atoms. The van der Waals surface area contributed by atoms with Gasteiger partial charge in [0.15, 0.2) is 0 Å². The van der Waals surface area contributed by atoms with Gasteiger partial charge in [0.25, 0.3) is 0 Å². The standard InChI is InChI=1S/C28H30ClF2NO4/c1-26(2,3)16-36-23-10-7-19(11-22(23)29)27(4)14-24(33)32(15-21(27)18-12-28(30,31)13-18)20-8-5-17(6-9-20)25(34)35/h5-11,15,18H,12-14,16H2,1-4H3,(H,34,35)/t27-/m0/s1. The van der Waals surface area contributed by atoms with Crippen LogP contribution in [0.5, 0.6) is 5.75 Å². The molecule has 2 aromatic rings. The van der Waals surface area contributed by atoms with Crippen molar-refractivity contribution in [2.24, 2.45) is 11.3 Å². The van der Waals surface area contributed by atoms with Crippen molar-refractivity contribution < 1.29 is 28.2 Å². The van der Waals surface area contributed by atoms with Crippen molar-refractivity contribution in [2.45, 2.75) is 58.3 Å². The van der Waals surface area contributed by atoms with Crippen LogP contribution in [-0.4, -0.2) is 29.5 Å². The molecule has 0 bridgehead atoms. The van der Waals surface area contributed by atoms with Crippen molar-refractivity contribution in [3.63, 3.8) is 0 Å². The van der Waals surface area contributed by atoms with Crippen molar-refractivity contribution in [1.82, 2.24) is 0 Å². The number of hydrogen-bond acceptors (Lipinski definition) is 3. The minimum absolute atomic E-state index is 0.0543. The zero-order valence-corrected chi connectivity index (χ0v) is 21.5. The van der Waals surface area contributed by atoms with Gasteiger partial charge < -0.3 is 9.84 Å². The minimum atomic E-state index is -2.73. The maximum absolute atomic E-state index is 13.9. The second-order valence-corrected chi connectivity index (χ2v) is 11.6. The van der Waals surface area contributed by atoms with Crippen LogP contribution in [0, 0.1) is 11.3 Å². The van der Waals surface area contributed by atoms with E-state index in [1.54, 1.807) is 30.5 Å². The predicted molar refractivity (Wildman–Crippen MR) is 135 cm³/mol. The highest BCUT2D eigenvalue weighted by Crippen LogP contribution is 2.54. The summed E-state index contributed by atoms with van der Waals surface area (Å²) in [6.45, 7) is 8.52. The number of carboxylic acids is 1. The average Bonchev–Trinajstić information content (AvgIpc) is 2.76. The topological polar surface area (TPSA) is 66.8 Å². The van der Waals surface area contributed by atoms with E-state index in [-0.39, 0.29) is 36.1 Å². The van der Waals surface area contributed by atoms with E-state index in [0.717, 1.165) is 11.1 Å². The van der Waals surface area contributed by atoms with E-state index in [1.807, 2.05) is 13.0 Å². The predicted octanol–water partition coefficient (Wildman–Crippen LogP) is 7.09. The van der Waals surface area contributed by atoms with Gasteiger partial charge in [0.05, 0.1) is 17.2 Å². The summed E-state index contributed by atoms with van der Waals surface area (Å²) < 4.78 is 33.7. The van der Waals surface area contributed by atoms with Crippen LogP contribution in [0.1, 0.15) is 62.9 Å². The van der Waals surface area contributed by atoms with E-state index in [1.165, 1.54) is 17.0 Å². The number of rotatable bonds is 6. The molecule has 1 N–H and O–H groups in total. The minimum Gasteiger partial charge on any atom is -0.491 e. The van der Waals surface area contributed by atoms with Crippen LogP contribution in [-0.2, 0) is 10.2 Å². The molecule has 0 radical (unpaired) electrons. The largest absolute Gasteiger partial charge is 0.491 e. The smallest absolute Gasteiger partial charge is 0.335 e. The van der Waals surface area contributed by atoms with Gasteiger partial charge in [0.2, 0.25) is 11.8 Å². The Morgan fingerprint density at radius 1 is 1.17 bits per heavy atom. The number of aromatic carboxylic acids is 1. The van der Waals surface area contributed by atoms with E-state index in [4.69, 9.17) is 21.4 Å². The van der Waals surface area contributed by atoms with Crippen molar-refractivity contribution >= 4 is 29.2 Å². The number of alkyl halides is 2. The van der Waals surface area contributed by atoms with E-state index in [0.29, 0.717) is 23.1 Å². The van der Waals surface area contributed by atoms with E-state index < -0.39 is 23.2 Å². The van der Waals surface area contributed by atoms with Gasteiger partial charge in [0.1, 0.15) is 5.75 Å². The molecule has 5 nitrogen and oxygen atoms in total. The fourth-order valence-corrected chi connectivity index (χ4v) is 5.02. The number of benzene rings is 2. The molecule has 1 fully saturated rings. The Hall–Kier alpha value is -2.93. The Bertz CT molecular complexity index is 1210. The van der Waals surface area contributed by atoms with E-state index in [2.05, 4.69) is 20.8 Å². The molecule has 0 aromatic heterocycles. The van der Waals surface area contributed by atoms with Crippen molar-refractivity contribution in [1.29, 1.82) is 0 Å². The van der Waals surface area contributed by atoms with Gasteiger partial charge in [-0.3, -0.25) is 9.69 Å². The molecule has 1 aliphatic heterocycles. The number of halogens is 3. The molecular weight excluding hydrogens is 488 g/mol. The molecule has 1 heterocycles. The maximum Gasteiger partial charge on any atom is 0.335 e. The third-order valence-electron chi connectivity index (χ3n) is 6.83. The highest BCUT2D eigenvalue weighted by molar-refractivity contribution is 6.32. The van der Waals surface area contributed by atoms with Crippen LogP contribution in [0.15, 0.2) is 54.2 Å². The number of hydrogen-bond donors (Lipinski definition) is 1. The molecule has 1 atom stereocenters. The second-order valence-electron chi connectivity index (χ2n) is 11.2. The molecule has 1 amide bonds. The average molecular weight is 518 g/mol. The summed E-state index contributed by atoms with van der Waals surface area (Å²) >= 11 is 6.55. The lowest BCUT2D eigenvalue weighted by Crippen LogP contribution is -2.47. The molecule has 1 saturated carbocycles. The number of allylic oxidation sites excluding steroid dienone is 1. The van der Waals surface area contributed by atoms with E-state index in [9.17, 15) is 18.4 Å². The lowest BCUT2D eigenvalue weighted by atomic mass is 9.62. The zero-order chi connectivity index (χ0) is 26.5. The Morgan fingerprint density at radius 3 is 2.33 bits per heavy atom. The summed E-state index contributed by atoms with van der Waals surface area (Å²) in [5.74, 6) is -3.89. The molecule has 0 saturated heterocycles. The number of nitrogens with zero attached hydrogens (tertiary/aromatic N) is 1. The lowest BCUT2D eigenvalue weighted by Gasteiger charge is -2.47. The molecular formula is C28H30ClF2NO4. The summed E-state index contributed by atoms with van der Waals surface area (Å²) in [5.41, 5.74) is 1.18. The van der Waals surface area contributed by atoms with Crippen molar-refractivity contribution in [3.8, 4) is 5.75 Å². The molecule has 36 heavy (non-hydrogen) atoms. The molecule has 2 aromatic carbocycles.